The third-order valence-corrected chi connectivity index (χ3v) is 3.51. The first-order chi connectivity index (χ1) is 9.97. The Morgan fingerprint density at radius 3 is 3.00 bits per heavy atom. The molecular weight excluding hydrogens is 282 g/mol. The Morgan fingerprint density at radius 2 is 2.33 bits per heavy atom. The molecule has 1 N–H and O–H groups in total. The number of alkyl halides is 2. The van der Waals surface area contributed by atoms with E-state index in [2.05, 4.69) is 10.3 Å². The van der Waals surface area contributed by atoms with Gasteiger partial charge in [0.05, 0.1) is 18.8 Å². The third-order valence-electron chi connectivity index (χ3n) is 3.51. The molecule has 0 aliphatic carbocycles. The van der Waals surface area contributed by atoms with Crippen molar-refractivity contribution in [1.29, 1.82) is 0 Å². The van der Waals surface area contributed by atoms with Crippen LogP contribution in [0.1, 0.15) is 12.8 Å². The molecule has 1 amide bonds. The summed E-state index contributed by atoms with van der Waals surface area (Å²) >= 11 is 0. The van der Waals surface area contributed by atoms with E-state index in [0.717, 1.165) is 6.42 Å². The Morgan fingerprint density at radius 1 is 1.57 bits per heavy atom. The van der Waals surface area contributed by atoms with Crippen molar-refractivity contribution in [2.75, 3.05) is 24.5 Å². The lowest BCUT2D eigenvalue weighted by molar-refractivity contribution is -0.125. The molecule has 2 rings (SSSR count). The Labute approximate surface area is 120 Å². The molecule has 116 valence electrons. The van der Waals surface area contributed by atoms with Gasteiger partial charge in [0, 0.05) is 26.2 Å². The number of aromatic nitrogens is 2. The Balaban J connectivity index is 2.01. The molecule has 0 aromatic carbocycles. The van der Waals surface area contributed by atoms with Crippen LogP contribution in [0, 0.1) is 5.92 Å². The molecule has 1 aromatic rings. The average molecular weight is 300 g/mol. The van der Waals surface area contributed by atoms with Gasteiger partial charge in [-0.05, 0) is 12.8 Å². The highest BCUT2D eigenvalue weighted by molar-refractivity contribution is 5.79. The molecule has 6 nitrogen and oxygen atoms in total. The normalized spacial score (nSPS) is 18.9. The molecule has 1 saturated heterocycles. The van der Waals surface area contributed by atoms with E-state index >= 15 is 0 Å². The van der Waals surface area contributed by atoms with Gasteiger partial charge in [0.2, 0.25) is 5.91 Å². The minimum Gasteiger partial charge on any atom is -0.356 e. The fourth-order valence-electron chi connectivity index (χ4n) is 2.35. The summed E-state index contributed by atoms with van der Waals surface area (Å²) in [4.78, 5) is 29.5. The summed E-state index contributed by atoms with van der Waals surface area (Å²) in [6.07, 6.45) is 0.283. The molecule has 21 heavy (non-hydrogen) atoms. The highest BCUT2D eigenvalue weighted by Gasteiger charge is 2.27. The van der Waals surface area contributed by atoms with E-state index in [1.807, 2.05) is 4.90 Å². The zero-order valence-electron chi connectivity index (χ0n) is 11.8. The first-order valence-corrected chi connectivity index (χ1v) is 6.81. The Bertz CT molecular complexity index is 561. The summed E-state index contributed by atoms with van der Waals surface area (Å²) < 4.78 is 25.6. The van der Waals surface area contributed by atoms with E-state index in [-0.39, 0.29) is 17.4 Å². The topological polar surface area (TPSA) is 67.2 Å². The van der Waals surface area contributed by atoms with Crippen LogP contribution in [0.4, 0.5) is 14.6 Å². The van der Waals surface area contributed by atoms with Crippen LogP contribution in [0.25, 0.3) is 0 Å². The number of amides is 1. The standard InChI is InChI=1S/C13H18F2N4O2/c1-18-8-17-11(5-12(18)20)19-4-2-3-9(7-19)13(21)16-6-10(14)15/h5,8-10H,2-4,6-7H2,1H3,(H,16,21). The lowest BCUT2D eigenvalue weighted by Gasteiger charge is -2.32. The van der Waals surface area contributed by atoms with E-state index in [1.54, 1.807) is 7.05 Å². The van der Waals surface area contributed by atoms with E-state index < -0.39 is 13.0 Å². The van der Waals surface area contributed by atoms with Crippen LogP contribution in [0.15, 0.2) is 17.2 Å². The predicted octanol–water partition coefficient (Wildman–Crippen LogP) is 0.378. The molecular formula is C13H18F2N4O2. The monoisotopic (exact) mass is 300 g/mol. The SMILES string of the molecule is Cn1cnc(N2CCCC(C(=O)NCC(F)F)C2)cc1=O. The number of carbonyl (C=O) groups excluding carboxylic acids is 1. The maximum absolute atomic E-state index is 12.1. The van der Waals surface area contributed by atoms with Crippen LogP contribution < -0.4 is 15.8 Å². The number of hydrogen-bond acceptors (Lipinski definition) is 4. The lowest BCUT2D eigenvalue weighted by Crippen LogP contribution is -2.44. The minimum atomic E-state index is -2.55. The summed E-state index contributed by atoms with van der Waals surface area (Å²) in [6, 6.07) is 1.42. The fraction of sp³-hybridized carbons (Fsp3) is 0.615. The molecule has 2 heterocycles. The number of anilines is 1. The number of aryl methyl sites for hydroxylation is 1. The zero-order valence-corrected chi connectivity index (χ0v) is 11.8. The second kappa shape index (κ2) is 6.64. The van der Waals surface area contributed by atoms with Crippen LogP contribution in [-0.4, -0.2) is 41.5 Å². The van der Waals surface area contributed by atoms with Gasteiger partial charge in [-0.1, -0.05) is 0 Å². The molecule has 1 aliphatic heterocycles. The van der Waals surface area contributed by atoms with Crippen molar-refractivity contribution in [2.24, 2.45) is 13.0 Å². The van der Waals surface area contributed by atoms with Gasteiger partial charge in [0.25, 0.3) is 12.0 Å². The van der Waals surface area contributed by atoms with Crippen molar-refractivity contribution in [1.82, 2.24) is 14.9 Å². The van der Waals surface area contributed by atoms with Crippen LogP contribution >= 0.6 is 0 Å². The van der Waals surface area contributed by atoms with Crippen LogP contribution in [-0.2, 0) is 11.8 Å². The van der Waals surface area contributed by atoms with Crippen molar-refractivity contribution in [3.63, 3.8) is 0 Å². The average Bonchev–Trinajstić information content (AvgIpc) is 2.47. The van der Waals surface area contributed by atoms with E-state index in [4.69, 9.17) is 0 Å². The number of halogens is 2. The first-order valence-electron chi connectivity index (χ1n) is 6.81. The zero-order chi connectivity index (χ0) is 15.4. The maximum atomic E-state index is 12.1. The summed E-state index contributed by atoms with van der Waals surface area (Å²) in [5, 5.41) is 2.24. The van der Waals surface area contributed by atoms with E-state index in [0.29, 0.717) is 25.3 Å². The highest BCUT2D eigenvalue weighted by Crippen LogP contribution is 2.20. The van der Waals surface area contributed by atoms with Gasteiger partial charge in [0.15, 0.2) is 0 Å². The molecule has 1 unspecified atom stereocenters. The van der Waals surface area contributed by atoms with Crippen molar-refractivity contribution in [3.8, 4) is 0 Å². The van der Waals surface area contributed by atoms with Crippen LogP contribution in [0.2, 0.25) is 0 Å². The van der Waals surface area contributed by atoms with Crippen LogP contribution in [0.3, 0.4) is 0 Å². The lowest BCUT2D eigenvalue weighted by atomic mass is 9.97. The van der Waals surface area contributed by atoms with Crippen LogP contribution in [0.5, 0.6) is 0 Å². The summed E-state index contributed by atoms with van der Waals surface area (Å²) in [6.45, 7) is 0.452. The number of rotatable bonds is 4. The second-order valence-corrected chi connectivity index (χ2v) is 5.12. The molecule has 1 aromatic heterocycles. The number of piperidine rings is 1. The van der Waals surface area contributed by atoms with Crippen molar-refractivity contribution >= 4 is 11.7 Å². The molecule has 8 heteroatoms. The molecule has 0 spiro atoms. The first kappa shape index (κ1) is 15.4. The van der Waals surface area contributed by atoms with Gasteiger partial charge < -0.3 is 14.8 Å². The molecule has 0 radical (unpaired) electrons. The molecule has 1 fully saturated rings. The van der Waals surface area contributed by atoms with E-state index in [1.165, 1.54) is 17.0 Å². The fourth-order valence-corrected chi connectivity index (χ4v) is 2.35. The number of nitrogens with one attached hydrogen (secondary N) is 1. The van der Waals surface area contributed by atoms with Gasteiger partial charge in [-0.2, -0.15) is 0 Å². The summed E-state index contributed by atoms with van der Waals surface area (Å²) in [7, 11) is 1.61. The second-order valence-electron chi connectivity index (χ2n) is 5.12. The molecule has 1 atom stereocenters. The molecule has 0 saturated carbocycles. The summed E-state index contributed by atoms with van der Waals surface area (Å²) in [5.41, 5.74) is -0.177. The molecule has 1 aliphatic rings. The van der Waals surface area contributed by atoms with Gasteiger partial charge in [0.1, 0.15) is 5.82 Å². The van der Waals surface area contributed by atoms with E-state index in [9.17, 15) is 18.4 Å². The van der Waals surface area contributed by atoms with Gasteiger partial charge >= 0.3 is 0 Å². The van der Waals surface area contributed by atoms with Gasteiger partial charge in [-0.3, -0.25) is 9.59 Å². The van der Waals surface area contributed by atoms with Gasteiger partial charge in [-0.15, -0.1) is 0 Å². The number of hydrogen-bond donors (Lipinski definition) is 1. The largest absolute Gasteiger partial charge is 0.356 e. The third kappa shape index (κ3) is 3.99. The quantitative estimate of drug-likeness (QED) is 0.873. The predicted molar refractivity (Wildman–Crippen MR) is 73.4 cm³/mol. The molecule has 0 bridgehead atoms. The number of nitrogens with zero attached hydrogens (tertiary/aromatic N) is 3. The van der Waals surface area contributed by atoms with Gasteiger partial charge in [-0.25, -0.2) is 13.8 Å². The maximum Gasteiger partial charge on any atom is 0.255 e. The smallest absolute Gasteiger partial charge is 0.255 e. The Hall–Kier alpha value is -1.99. The van der Waals surface area contributed by atoms with Crippen molar-refractivity contribution in [3.05, 3.63) is 22.7 Å². The summed E-state index contributed by atoms with van der Waals surface area (Å²) in [5.74, 6) is -0.211. The number of carbonyl (C=O) groups is 1. The minimum absolute atomic E-state index is 0.177. The van der Waals surface area contributed by atoms with Crippen molar-refractivity contribution in [2.45, 2.75) is 19.3 Å². The Kier molecular flexibility index (Phi) is 4.87. The van der Waals surface area contributed by atoms with Crippen molar-refractivity contribution < 1.29 is 13.6 Å². The highest BCUT2D eigenvalue weighted by atomic mass is 19.3.